The Kier molecular flexibility index (Phi) is 6.93. The first-order valence-corrected chi connectivity index (χ1v) is 11.5. The van der Waals surface area contributed by atoms with Crippen LogP contribution in [-0.2, 0) is 0 Å². The molecule has 1 aliphatic heterocycles. The summed E-state index contributed by atoms with van der Waals surface area (Å²) in [5, 5.41) is 14.5. The van der Waals surface area contributed by atoms with Crippen molar-refractivity contribution >= 4 is 40.8 Å². The molecule has 0 atom stereocenters. The van der Waals surface area contributed by atoms with E-state index in [-0.39, 0.29) is 11.8 Å². The van der Waals surface area contributed by atoms with E-state index in [1.807, 2.05) is 24.8 Å². The molecule has 0 aliphatic carbocycles. The highest BCUT2D eigenvalue weighted by molar-refractivity contribution is 6.30. The smallest absolute Gasteiger partial charge is 0.258 e. The van der Waals surface area contributed by atoms with Crippen LogP contribution >= 0.6 is 11.6 Å². The second-order valence-corrected chi connectivity index (χ2v) is 8.83. The van der Waals surface area contributed by atoms with Crippen LogP contribution in [0, 0.1) is 19.3 Å². The summed E-state index contributed by atoms with van der Waals surface area (Å²) in [7, 11) is 0. The highest BCUT2D eigenvalue weighted by Gasteiger charge is 2.19. The SMILES string of the molecule is Cc1cc(C)c(NC(=O)c2ccc(C(=N)N3CCCC3)cc2)c(C(=O)Nc2ccc(Cl)cn2)c1. The molecule has 0 saturated carbocycles. The van der Waals surface area contributed by atoms with Crippen molar-refractivity contribution in [2.45, 2.75) is 26.7 Å². The molecule has 4 rings (SSSR count). The third-order valence-corrected chi connectivity index (χ3v) is 6.00. The van der Waals surface area contributed by atoms with Crippen molar-refractivity contribution in [3.8, 4) is 0 Å². The first-order chi connectivity index (χ1) is 16.3. The monoisotopic (exact) mass is 475 g/mol. The number of amides is 2. The summed E-state index contributed by atoms with van der Waals surface area (Å²) >= 11 is 5.87. The van der Waals surface area contributed by atoms with Gasteiger partial charge in [0.15, 0.2) is 0 Å². The summed E-state index contributed by atoms with van der Waals surface area (Å²) in [6.45, 7) is 5.53. The molecule has 0 unspecified atom stereocenters. The van der Waals surface area contributed by atoms with Crippen LogP contribution in [0.15, 0.2) is 54.7 Å². The van der Waals surface area contributed by atoms with Crippen LogP contribution in [-0.4, -0.2) is 40.6 Å². The number of nitrogens with one attached hydrogen (secondary N) is 3. The fourth-order valence-corrected chi connectivity index (χ4v) is 4.15. The van der Waals surface area contributed by atoms with Gasteiger partial charge in [-0.2, -0.15) is 0 Å². The maximum Gasteiger partial charge on any atom is 0.258 e. The number of amidine groups is 1. The molecular formula is C26H26ClN5O2. The number of halogens is 1. The molecule has 34 heavy (non-hydrogen) atoms. The topological polar surface area (TPSA) is 98.2 Å². The lowest BCUT2D eigenvalue weighted by Gasteiger charge is -2.18. The van der Waals surface area contributed by atoms with E-state index < -0.39 is 0 Å². The second kappa shape index (κ2) is 10.1. The standard InChI is InChI=1S/C26H26ClN5O2/c1-16-13-17(2)23(21(14-16)26(34)30-22-10-9-20(27)15-29-22)31-25(33)19-7-5-18(6-8-19)24(28)32-11-3-4-12-32/h5-10,13-15,28H,3-4,11-12H2,1-2H3,(H,31,33)(H,29,30,34). The number of hydrogen-bond acceptors (Lipinski definition) is 4. The zero-order valence-electron chi connectivity index (χ0n) is 19.1. The summed E-state index contributed by atoms with van der Waals surface area (Å²) in [5.74, 6) is 0.131. The number of aryl methyl sites for hydroxylation is 2. The molecule has 7 nitrogen and oxygen atoms in total. The minimum atomic E-state index is -0.383. The van der Waals surface area contributed by atoms with Gasteiger partial charge in [-0.25, -0.2) is 4.98 Å². The van der Waals surface area contributed by atoms with Gasteiger partial charge in [-0.3, -0.25) is 15.0 Å². The van der Waals surface area contributed by atoms with Crippen LogP contribution in [0.25, 0.3) is 0 Å². The highest BCUT2D eigenvalue weighted by Crippen LogP contribution is 2.25. The largest absolute Gasteiger partial charge is 0.357 e. The van der Waals surface area contributed by atoms with Gasteiger partial charge in [0.1, 0.15) is 11.7 Å². The Labute approximate surface area is 203 Å². The molecule has 1 saturated heterocycles. The first-order valence-electron chi connectivity index (χ1n) is 11.1. The fourth-order valence-electron chi connectivity index (χ4n) is 4.03. The van der Waals surface area contributed by atoms with Crippen molar-refractivity contribution in [1.82, 2.24) is 9.88 Å². The summed E-state index contributed by atoms with van der Waals surface area (Å²) in [6.07, 6.45) is 3.65. The molecule has 2 amide bonds. The molecule has 3 N–H and O–H groups in total. The van der Waals surface area contributed by atoms with E-state index in [9.17, 15) is 9.59 Å². The molecule has 0 bridgehead atoms. The number of benzene rings is 2. The molecular weight excluding hydrogens is 450 g/mol. The zero-order valence-corrected chi connectivity index (χ0v) is 19.9. The molecule has 3 aromatic rings. The number of likely N-dealkylation sites (tertiary alicyclic amines) is 1. The number of anilines is 2. The van der Waals surface area contributed by atoms with Crippen LogP contribution in [0.3, 0.4) is 0 Å². The maximum atomic E-state index is 13.0. The summed E-state index contributed by atoms with van der Waals surface area (Å²) in [4.78, 5) is 32.2. The van der Waals surface area contributed by atoms with Gasteiger partial charge in [0.05, 0.1) is 16.3 Å². The normalized spacial score (nSPS) is 13.0. The van der Waals surface area contributed by atoms with Crippen LogP contribution < -0.4 is 10.6 Å². The van der Waals surface area contributed by atoms with Crippen molar-refractivity contribution in [3.05, 3.63) is 87.6 Å². The summed E-state index contributed by atoms with van der Waals surface area (Å²) in [6, 6.07) is 13.9. The van der Waals surface area contributed by atoms with E-state index in [0.717, 1.165) is 42.6 Å². The third-order valence-electron chi connectivity index (χ3n) is 5.77. The molecule has 0 radical (unpaired) electrons. The fraction of sp³-hybridized carbons (Fsp3) is 0.231. The Hall–Kier alpha value is -3.71. The summed E-state index contributed by atoms with van der Waals surface area (Å²) in [5.41, 5.74) is 3.68. The predicted molar refractivity (Wildman–Crippen MR) is 135 cm³/mol. The van der Waals surface area contributed by atoms with Gasteiger partial charge in [-0.1, -0.05) is 29.8 Å². The Bertz CT molecular complexity index is 1230. The van der Waals surface area contributed by atoms with Crippen LogP contribution in [0.4, 0.5) is 11.5 Å². The highest BCUT2D eigenvalue weighted by atomic mass is 35.5. The maximum absolute atomic E-state index is 13.0. The Morgan fingerprint density at radius 1 is 0.941 bits per heavy atom. The predicted octanol–water partition coefficient (Wildman–Crippen LogP) is 5.28. The van der Waals surface area contributed by atoms with Gasteiger partial charge in [0.25, 0.3) is 11.8 Å². The average Bonchev–Trinajstić information content (AvgIpc) is 3.36. The molecule has 1 aliphatic rings. The Balaban J connectivity index is 1.53. The van der Waals surface area contributed by atoms with Gasteiger partial charge in [0, 0.05) is 30.4 Å². The molecule has 2 heterocycles. The lowest BCUT2D eigenvalue weighted by Crippen LogP contribution is -2.27. The first kappa shape index (κ1) is 23.4. The van der Waals surface area contributed by atoms with Crippen molar-refractivity contribution in [2.75, 3.05) is 23.7 Å². The van der Waals surface area contributed by atoms with E-state index in [2.05, 4.69) is 15.6 Å². The van der Waals surface area contributed by atoms with Gasteiger partial charge in [-0.15, -0.1) is 0 Å². The minimum absolute atomic E-state index is 0.329. The number of carbonyl (C=O) groups excluding carboxylic acids is 2. The second-order valence-electron chi connectivity index (χ2n) is 8.39. The van der Waals surface area contributed by atoms with E-state index >= 15 is 0 Å². The van der Waals surface area contributed by atoms with Gasteiger partial charge in [0.2, 0.25) is 0 Å². The zero-order chi connectivity index (χ0) is 24.2. The molecule has 2 aromatic carbocycles. The lowest BCUT2D eigenvalue weighted by atomic mass is 10.0. The van der Waals surface area contributed by atoms with Crippen LogP contribution in [0.1, 0.15) is 50.2 Å². The number of nitrogens with zero attached hydrogens (tertiary/aromatic N) is 2. The third kappa shape index (κ3) is 5.26. The number of hydrogen-bond donors (Lipinski definition) is 3. The van der Waals surface area contributed by atoms with Crippen molar-refractivity contribution < 1.29 is 9.59 Å². The minimum Gasteiger partial charge on any atom is -0.357 e. The van der Waals surface area contributed by atoms with Crippen molar-refractivity contribution in [3.63, 3.8) is 0 Å². The molecule has 8 heteroatoms. The number of carbonyl (C=O) groups is 2. The van der Waals surface area contributed by atoms with Gasteiger partial charge < -0.3 is 15.5 Å². The lowest BCUT2D eigenvalue weighted by molar-refractivity contribution is 0.102. The van der Waals surface area contributed by atoms with E-state index in [1.165, 1.54) is 6.20 Å². The molecule has 0 spiro atoms. The molecule has 1 aromatic heterocycles. The van der Waals surface area contributed by atoms with Crippen LogP contribution in [0.5, 0.6) is 0 Å². The van der Waals surface area contributed by atoms with Gasteiger partial charge in [-0.05, 0) is 68.1 Å². The number of aromatic nitrogens is 1. The van der Waals surface area contributed by atoms with Crippen molar-refractivity contribution in [2.24, 2.45) is 0 Å². The van der Waals surface area contributed by atoms with Gasteiger partial charge >= 0.3 is 0 Å². The Morgan fingerprint density at radius 3 is 2.26 bits per heavy atom. The molecule has 1 fully saturated rings. The molecule has 174 valence electrons. The van der Waals surface area contributed by atoms with Crippen LogP contribution in [0.2, 0.25) is 5.02 Å². The number of rotatable bonds is 5. The van der Waals surface area contributed by atoms with E-state index in [1.54, 1.807) is 42.5 Å². The Morgan fingerprint density at radius 2 is 1.62 bits per heavy atom. The summed E-state index contributed by atoms with van der Waals surface area (Å²) < 4.78 is 0. The van der Waals surface area contributed by atoms with E-state index in [0.29, 0.717) is 33.5 Å². The van der Waals surface area contributed by atoms with Crippen molar-refractivity contribution in [1.29, 1.82) is 5.41 Å². The number of pyridine rings is 1. The average molecular weight is 476 g/mol. The quantitative estimate of drug-likeness (QED) is 0.345. The van der Waals surface area contributed by atoms with E-state index in [4.69, 9.17) is 17.0 Å².